The average molecular weight is 224 g/mol. The van der Waals surface area contributed by atoms with E-state index in [9.17, 15) is 0 Å². The molecule has 4 heteroatoms. The molecule has 2 rings (SSSR count). The van der Waals surface area contributed by atoms with Gasteiger partial charge in [-0.1, -0.05) is 0 Å². The lowest BCUT2D eigenvalue weighted by Gasteiger charge is -2.37. The molecule has 0 aromatic rings. The van der Waals surface area contributed by atoms with Crippen LogP contribution in [0.4, 0.5) is 0 Å². The van der Waals surface area contributed by atoms with E-state index in [0.29, 0.717) is 0 Å². The van der Waals surface area contributed by atoms with Crippen molar-refractivity contribution in [2.45, 2.75) is 12.5 Å². The molecule has 2 aliphatic heterocycles. The first-order chi connectivity index (χ1) is 6.30. The first-order valence-electron chi connectivity index (χ1n) is 5.01. The highest BCUT2D eigenvalue weighted by atomic mass is 35.5. The fourth-order valence-corrected chi connectivity index (χ4v) is 3.41. The van der Waals surface area contributed by atoms with Crippen molar-refractivity contribution in [1.82, 2.24) is 4.90 Å². The van der Waals surface area contributed by atoms with Gasteiger partial charge in [0.25, 0.3) is 0 Å². The van der Waals surface area contributed by atoms with E-state index in [1.165, 1.54) is 30.8 Å². The highest BCUT2D eigenvalue weighted by Crippen LogP contribution is 2.31. The number of fused-ring (bicyclic) bond motifs is 2. The number of nitrogens with zero attached hydrogens (tertiary/aromatic N) is 2. The lowest BCUT2D eigenvalue weighted by atomic mass is 10.1. The number of quaternary nitrogens is 1. The van der Waals surface area contributed by atoms with E-state index in [4.69, 9.17) is 23.2 Å². The molecule has 2 fully saturated rings. The molecule has 2 nitrogen and oxygen atoms in total. The summed E-state index contributed by atoms with van der Waals surface area (Å²) in [7, 11) is 0. The Kier molecular flexibility index (Phi) is 3.04. The highest BCUT2D eigenvalue weighted by molar-refractivity contribution is 6.18. The van der Waals surface area contributed by atoms with Gasteiger partial charge in [0.05, 0.1) is 32.1 Å². The maximum absolute atomic E-state index is 5.87. The molecule has 0 N–H and O–H groups in total. The standard InChI is InChI=1S/C9H17Cl2N2/c10-2-1-9-7-12-4-6-13(9,8-12)5-3-11/h9H,1-8H2/q+1. The molecule has 13 heavy (non-hydrogen) atoms. The summed E-state index contributed by atoms with van der Waals surface area (Å²) in [6, 6.07) is 0.755. The Balaban J connectivity index is 2.03. The zero-order chi connectivity index (χ0) is 9.31. The van der Waals surface area contributed by atoms with Crippen LogP contribution in [0.25, 0.3) is 0 Å². The van der Waals surface area contributed by atoms with Crippen LogP contribution in [-0.2, 0) is 0 Å². The molecule has 0 spiro atoms. The number of rotatable bonds is 4. The van der Waals surface area contributed by atoms with Gasteiger partial charge in [0, 0.05) is 12.3 Å². The summed E-state index contributed by atoms with van der Waals surface area (Å²) in [6.07, 6.45) is 1.15. The molecule has 2 heterocycles. The van der Waals surface area contributed by atoms with E-state index in [-0.39, 0.29) is 0 Å². The molecule has 0 amide bonds. The van der Waals surface area contributed by atoms with E-state index in [1.807, 2.05) is 0 Å². The first-order valence-corrected chi connectivity index (χ1v) is 6.08. The molecule has 0 saturated carbocycles. The van der Waals surface area contributed by atoms with E-state index >= 15 is 0 Å². The monoisotopic (exact) mass is 223 g/mol. The maximum Gasteiger partial charge on any atom is 0.135 e. The van der Waals surface area contributed by atoms with Crippen LogP contribution in [0.2, 0.25) is 0 Å². The van der Waals surface area contributed by atoms with Crippen molar-refractivity contribution >= 4 is 23.2 Å². The van der Waals surface area contributed by atoms with E-state index in [0.717, 1.165) is 30.8 Å². The van der Waals surface area contributed by atoms with Gasteiger partial charge in [-0.3, -0.25) is 0 Å². The van der Waals surface area contributed by atoms with Crippen LogP contribution in [0, 0.1) is 0 Å². The number of hydrogen-bond acceptors (Lipinski definition) is 1. The van der Waals surface area contributed by atoms with Gasteiger partial charge in [-0.2, -0.15) is 0 Å². The van der Waals surface area contributed by atoms with Crippen LogP contribution in [0.1, 0.15) is 6.42 Å². The van der Waals surface area contributed by atoms with Crippen LogP contribution in [0.15, 0.2) is 0 Å². The number of piperazine rings is 1. The summed E-state index contributed by atoms with van der Waals surface area (Å²) in [6.45, 7) is 6.13. The van der Waals surface area contributed by atoms with Gasteiger partial charge in [-0.25, -0.2) is 4.90 Å². The van der Waals surface area contributed by atoms with Crippen molar-refractivity contribution in [3.63, 3.8) is 0 Å². The Hall–Kier alpha value is 0.500. The van der Waals surface area contributed by atoms with Crippen molar-refractivity contribution in [2.75, 3.05) is 44.6 Å². The summed E-state index contributed by atoms with van der Waals surface area (Å²) >= 11 is 11.7. The summed E-state index contributed by atoms with van der Waals surface area (Å²) in [5.74, 6) is 1.58. The smallest absolute Gasteiger partial charge is 0.135 e. The molecular formula is C9H17Cl2N2+. The van der Waals surface area contributed by atoms with Gasteiger partial charge in [0.15, 0.2) is 0 Å². The predicted octanol–water partition coefficient (Wildman–Crippen LogP) is 1.33. The molecule has 2 aliphatic rings. The molecule has 0 aliphatic carbocycles. The first kappa shape index (κ1) is 10.0. The summed E-state index contributed by atoms with van der Waals surface area (Å²) in [5, 5.41) is 0. The van der Waals surface area contributed by atoms with Gasteiger partial charge >= 0.3 is 0 Å². The number of hydrogen-bond donors (Lipinski definition) is 0. The van der Waals surface area contributed by atoms with Crippen LogP contribution in [0.3, 0.4) is 0 Å². The molecule has 2 saturated heterocycles. The Bertz CT molecular complexity index is 188. The zero-order valence-corrected chi connectivity index (χ0v) is 9.40. The Morgan fingerprint density at radius 1 is 1.31 bits per heavy atom. The fourth-order valence-electron chi connectivity index (χ4n) is 2.82. The SMILES string of the molecule is ClCCC1CN2CC[N+]1(CCCl)C2. The lowest BCUT2D eigenvalue weighted by molar-refractivity contribution is -0.929. The third-order valence-corrected chi connectivity index (χ3v) is 3.95. The second kappa shape index (κ2) is 3.93. The third-order valence-electron chi connectivity index (χ3n) is 3.56. The third kappa shape index (κ3) is 1.70. The lowest BCUT2D eigenvalue weighted by Crippen LogP contribution is -2.54. The van der Waals surface area contributed by atoms with Crippen molar-refractivity contribution in [3.05, 3.63) is 0 Å². The van der Waals surface area contributed by atoms with Crippen LogP contribution in [-0.4, -0.2) is 60.0 Å². The summed E-state index contributed by atoms with van der Waals surface area (Å²) in [4.78, 5) is 2.55. The molecular weight excluding hydrogens is 207 g/mol. The molecule has 0 aromatic carbocycles. The van der Waals surface area contributed by atoms with Gasteiger partial charge in [-0.05, 0) is 0 Å². The van der Waals surface area contributed by atoms with Crippen molar-refractivity contribution < 1.29 is 4.48 Å². The van der Waals surface area contributed by atoms with E-state index < -0.39 is 0 Å². The minimum atomic E-state index is 0.755. The predicted molar refractivity (Wildman–Crippen MR) is 56.3 cm³/mol. The van der Waals surface area contributed by atoms with Gasteiger partial charge < -0.3 is 4.48 Å². The second-order valence-corrected chi connectivity index (χ2v) is 4.96. The quantitative estimate of drug-likeness (QED) is 0.514. The molecule has 76 valence electrons. The van der Waals surface area contributed by atoms with Crippen molar-refractivity contribution in [3.8, 4) is 0 Å². The van der Waals surface area contributed by atoms with Gasteiger partial charge in [-0.15, -0.1) is 23.2 Å². The minimum Gasteiger partial charge on any atom is -0.306 e. The van der Waals surface area contributed by atoms with Crippen LogP contribution < -0.4 is 0 Å². The van der Waals surface area contributed by atoms with Gasteiger partial charge in [0.1, 0.15) is 12.7 Å². The largest absolute Gasteiger partial charge is 0.306 e. The Labute approximate surface area is 90.0 Å². The second-order valence-electron chi connectivity index (χ2n) is 4.20. The average Bonchev–Trinajstić information content (AvgIpc) is 2.63. The topological polar surface area (TPSA) is 3.24 Å². The summed E-state index contributed by atoms with van der Waals surface area (Å²) < 4.78 is 1.22. The Morgan fingerprint density at radius 3 is 2.77 bits per heavy atom. The molecule has 3 unspecified atom stereocenters. The zero-order valence-electron chi connectivity index (χ0n) is 7.88. The fraction of sp³-hybridized carbons (Fsp3) is 1.00. The summed E-state index contributed by atoms with van der Waals surface area (Å²) in [5.41, 5.74) is 0. The van der Waals surface area contributed by atoms with Crippen LogP contribution in [0.5, 0.6) is 0 Å². The Morgan fingerprint density at radius 2 is 2.15 bits per heavy atom. The number of halogens is 2. The number of alkyl halides is 2. The highest BCUT2D eigenvalue weighted by Gasteiger charge is 2.49. The van der Waals surface area contributed by atoms with Crippen molar-refractivity contribution in [1.29, 1.82) is 0 Å². The van der Waals surface area contributed by atoms with Crippen LogP contribution >= 0.6 is 23.2 Å². The van der Waals surface area contributed by atoms with E-state index in [2.05, 4.69) is 4.90 Å². The molecule has 0 radical (unpaired) electrons. The molecule has 3 atom stereocenters. The minimum absolute atomic E-state index is 0.755. The van der Waals surface area contributed by atoms with Crippen molar-refractivity contribution in [2.24, 2.45) is 0 Å². The normalized spacial score (nSPS) is 42.9. The maximum atomic E-state index is 5.87. The van der Waals surface area contributed by atoms with E-state index in [1.54, 1.807) is 0 Å². The molecule has 2 bridgehead atoms. The molecule has 0 aromatic heterocycles. The van der Waals surface area contributed by atoms with Gasteiger partial charge in [0.2, 0.25) is 0 Å².